The van der Waals surface area contributed by atoms with E-state index in [1.54, 1.807) is 0 Å². The fourth-order valence-corrected chi connectivity index (χ4v) is 2.23. The summed E-state index contributed by atoms with van der Waals surface area (Å²) in [7, 11) is 2.18. The van der Waals surface area contributed by atoms with Gasteiger partial charge in [-0.25, -0.2) is 0 Å². The van der Waals surface area contributed by atoms with Gasteiger partial charge in [0.2, 0.25) is 0 Å². The molecule has 0 saturated heterocycles. The highest BCUT2D eigenvalue weighted by atomic mass is 16.5. The van der Waals surface area contributed by atoms with Gasteiger partial charge in [-0.1, -0.05) is 19.9 Å². The van der Waals surface area contributed by atoms with Crippen LogP contribution < -0.4 is 5.32 Å². The molecular weight excluding hydrogens is 262 g/mol. The molecule has 0 spiro atoms. The van der Waals surface area contributed by atoms with Crippen LogP contribution in [0.4, 0.5) is 0 Å². The van der Waals surface area contributed by atoms with Gasteiger partial charge in [-0.2, -0.15) is 0 Å². The Morgan fingerprint density at radius 2 is 2.19 bits per heavy atom. The molecule has 1 aromatic rings. The minimum atomic E-state index is 0.609. The van der Waals surface area contributed by atoms with E-state index in [1.807, 2.05) is 6.20 Å². The Kier molecular flexibility index (Phi) is 6.61. The number of nitrogens with one attached hydrogen (secondary N) is 1. The first kappa shape index (κ1) is 16.4. The van der Waals surface area contributed by atoms with Crippen LogP contribution >= 0.6 is 0 Å². The number of hydrogen-bond donors (Lipinski definition) is 1. The van der Waals surface area contributed by atoms with Crippen molar-refractivity contribution in [3.8, 4) is 0 Å². The molecule has 4 nitrogen and oxygen atoms in total. The molecule has 0 atom stereocenters. The van der Waals surface area contributed by atoms with Crippen LogP contribution in [0.25, 0.3) is 0 Å². The second-order valence-corrected chi connectivity index (χ2v) is 6.45. The SMILES string of the molecule is CC(C)CNCc1ccc(COCCN(C)C2CC2)nc1. The molecule has 0 aliphatic heterocycles. The van der Waals surface area contributed by atoms with E-state index in [4.69, 9.17) is 4.74 Å². The topological polar surface area (TPSA) is 37.4 Å². The molecule has 1 N–H and O–H groups in total. The van der Waals surface area contributed by atoms with Gasteiger partial charge in [-0.3, -0.25) is 4.98 Å². The molecule has 21 heavy (non-hydrogen) atoms. The highest BCUT2D eigenvalue weighted by Gasteiger charge is 2.25. The molecule has 0 radical (unpaired) electrons. The lowest BCUT2D eigenvalue weighted by Gasteiger charge is -2.15. The smallest absolute Gasteiger partial charge is 0.0888 e. The van der Waals surface area contributed by atoms with Crippen molar-refractivity contribution in [3.05, 3.63) is 29.6 Å². The lowest BCUT2D eigenvalue weighted by atomic mass is 10.2. The van der Waals surface area contributed by atoms with Crippen molar-refractivity contribution in [2.24, 2.45) is 5.92 Å². The average molecular weight is 291 g/mol. The Labute approximate surface area is 128 Å². The quantitative estimate of drug-likeness (QED) is 0.672. The molecule has 0 unspecified atom stereocenters. The molecule has 1 aliphatic rings. The zero-order valence-electron chi connectivity index (χ0n) is 13.6. The Morgan fingerprint density at radius 3 is 2.81 bits per heavy atom. The number of ether oxygens (including phenoxy) is 1. The third-order valence-electron chi connectivity index (χ3n) is 3.78. The summed E-state index contributed by atoms with van der Waals surface area (Å²) in [5.41, 5.74) is 2.24. The number of aromatic nitrogens is 1. The molecule has 0 aromatic carbocycles. The number of pyridine rings is 1. The van der Waals surface area contributed by atoms with E-state index in [0.29, 0.717) is 12.5 Å². The van der Waals surface area contributed by atoms with Gasteiger partial charge in [-0.05, 0) is 44.0 Å². The predicted molar refractivity (Wildman–Crippen MR) is 86.1 cm³/mol. The van der Waals surface area contributed by atoms with Crippen LogP contribution in [-0.4, -0.2) is 42.7 Å². The summed E-state index contributed by atoms with van der Waals surface area (Å²) < 4.78 is 5.70. The number of nitrogens with zero attached hydrogens (tertiary/aromatic N) is 2. The maximum atomic E-state index is 5.70. The average Bonchev–Trinajstić information content (AvgIpc) is 3.29. The van der Waals surface area contributed by atoms with Crippen molar-refractivity contribution in [2.75, 3.05) is 26.7 Å². The summed E-state index contributed by atoms with van der Waals surface area (Å²) in [5.74, 6) is 0.680. The molecule has 4 heteroatoms. The van der Waals surface area contributed by atoms with E-state index in [2.05, 4.69) is 48.2 Å². The molecule has 1 aliphatic carbocycles. The molecule has 1 saturated carbocycles. The Bertz CT molecular complexity index is 401. The highest BCUT2D eigenvalue weighted by molar-refractivity contribution is 5.13. The van der Waals surface area contributed by atoms with Crippen LogP contribution in [0.2, 0.25) is 0 Å². The largest absolute Gasteiger partial charge is 0.374 e. The van der Waals surface area contributed by atoms with E-state index < -0.39 is 0 Å². The Balaban J connectivity index is 1.60. The molecule has 0 amide bonds. The summed E-state index contributed by atoms with van der Waals surface area (Å²) in [4.78, 5) is 6.85. The van der Waals surface area contributed by atoms with Gasteiger partial charge in [0, 0.05) is 25.3 Å². The van der Waals surface area contributed by atoms with Crippen LogP contribution in [0.3, 0.4) is 0 Å². The maximum Gasteiger partial charge on any atom is 0.0888 e. The van der Waals surface area contributed by atoms with Crippen LogP contribution in [0, 0.1) is 5.92 Å². The maximum absolute atomic E-state index is 5.70. The van der Waals surface area contributed by atoms with Gasteiger partial charge in [0.1, 0.15) is 0 Å². The van der Waals surface area contributed by atoms with Gasteiger partial charge in [-0.15, -0.1) is 0 Å². The molecule has 2 rings (SSSR count). The number of hydrogen-bond acceptors (Lipinski definition) is 4. The second kappa shape index (κ2) is 8.47. The van der Waals surface area contributed by atoms with Crippen molar-refractivity contribution in [3.63, 3.8) is 0 Å². The molecule has 1 heterocycles. The van der Waals surface area contributed by atoms with Crippen LogP contribution in [0.5, 0.6) is 0 Å². The first-order valence-electron chi connectivity index (χ1n) is 8.07. The van der Waals surface area contributed by atoms with E-state index in [0.717, 1.165) is 38.0 Å². The Hall–Kier alpha value is -0.970. The fourth-order valence-electron chi connectivity index (χ4n) is 2.23. The third kappa shape index (κ3) is 6.55. The zero-order chi connectivity index (χ0) is 15.1. The second-order valence-electron chi connectivity index (χ2n) is 6.45. The minimum absolute atomic E-state index is 0.609. The van der Waals surface area contributed by atoms with Crippen LogP contribution in [0.15, 0.2) is 18.3 Å². The summed E-state index contributed by atoms with van der Waals surface area (Å²) in [6.07, 6.45) is 4.65. The van der Waals surface area contributed by atoms with Crippen molar-refractivity contribution in [1.82, 2.24) is 15.2 Å². The lowest BCUT2D eigenvalue weighted by Crippen LogP contribution is -2.25. The Morgan fingerprint density at radius 1 is 1.38 bits per heavy atom. The van der Waals surface area contributed by atoms with Gasteiger partial charge >= 0.3 is 0 Å². The number of rotatable bonds is 10. The van der Waals surface area contributed by atoms with E-state index in [1.165, 1.54) is 18.4 Å². The molecule has 1 aromatic heterocycles. The summed E-state index contributed by atoms with van der Waals surface area (Å²) in [5, 5.41) is 3.43. The van der Waals surface area contributed by atoms with E-state index in [9.17, 15) is 0 Å². The summed E-state index contributed by atoms with van der Waals surface area (Å²) in [6, 6.07) is 5.01. The van der Waals surface area contributed by atoms with Gasteiger partial charge < -0.3 is 15.0 Å². The molecule has 1 fully saturated rings. The minimum Gasteiger partial charge on any atom is -0.374 e. The van der Waals surface area contributed by atoms with Crippen LogP contribution in [-0.2, 0) is 17.9 Å². The van der Waals surface area contributed by atoms with Crippen LogP contribution in [0.1, 0.15) is 37.9 Å². The standard InChI is InChI=1S/C17H29N3O/c1-14(2)10-18-11-15-4-5-16(19-12-15)13-21-9-8-20(3)17-6-7-17/h4-5,12,14,17-18H,6-11,13H2,1-3H3. The molecular formula is C17H29N3O. The van der Waals surface area contributed by atoms with Gasteiger partial charge in [0.15, 0.2) is 0 Å². The normalized spacial score (nSPS) is 15.1. The van der Waals surface area contributed by atoms with Crippen molar-refractivity contribution in [1.29, 1.82) is 0 Å². The first-order valence-corrected chi connectivity index (χ1v) is 8.07. The zero-order valence-corrected chi connectivity index (χ0v) is 13.6. The lowest BCUT2D eigenvalue weighted by molar-refractivity contribution is 0.0957. The molecule has 0 bridgehead atoms. The molecule has 118 valence electrons. The van der Waals surface area contributed by atoms with E-state index >= 15 is 0 Å². The van der Waals surface area contributed by atoms with Crippen molar-refractivity contribution in [2.45, 2.75) is 45.9 Å². The van der Waals surface area contributed by atoms with Gasteiger partial charge in [0.05, 0.1) is 18.9 Å². The summed E-state index contributed by atoms with van der Waals surface area (Å²) in [6.45, 7) is 8.77. The van der Waals surface area contributed by atoms with Crippen molar-refractivity contribution >= 4 is 0 Å². The van der Waals surface area contributed by atoms with Crippen molar-refractivity contribution < 1.29 is 4.74 Å². The van der Waals surface area contributed by atoms with E-state index in [-0.39, 0.29) is 0 Å². The predicted octanol–water partition coefficient (Wildman–Crippen LogP) is 2.44. The summed E-state index contributed by atoms with van der Waals surface area (Å²) >= 11 is 0. The number of likely N-dealkylation sites (N-methyl/N-ethyl adjacent to an activating group) is 1. The monoisotopic (exact) mass is 291 g/mol. The highest BCUT2D eigenvalue weighted by Crippen LogP contribution is 2.24. The third-order valence-corrected chi connectivity index (χ3v) is 3.78. The fraction of sp³-hybridized carbons (Fsp3) is 0.706. The first-order chi connectivity index (χ1) is 10.1. The van der Waals surface area contributed by atoms with Gasteiger partial charge in [0.25, 0.3) is 0 Å².